The van der Waals surface area contributed by atoms with E-state index in [1.807, 2.05) is 0 Å². The summed E-state index contributed by atoms with van der Waals surface area (Å²) in [6.07, 6.45) is 2.19. The normalized spacial score (nSPS) is 18.2. The molecule has 1 heterocycles. The van der Waals surface area contributed by atoms with Gasteiger partial charge in [0.25, 0.3) is 0 Å². The molecule has 0 amide bonds. The van der Waals surface area contributed by atoms with Crippen molar-refractivity contribution in [1.82, 2.24) is 4.90 Å². The summed E-state index contributed by atoms with van der Waals surface area (Å²) in [4.78, 5) is 2.26. The molecule has 1 aromatic carbocycles. The van der Waals surface area contributed by atoms with Gasteiger partial charge in [0.1, 0.15) is 11.9 Å². The minimum absolute atomic E-state index is 0.0179. The summed E-state index contributed by atoms with van der Waals surface area (Å²) in [5, 5.41) is 0. The lowest BCUT2D eigenvalue weighted by Gasteiger charge is -2.29. The predicted octanol–water partition coefficient (Wildman–Crippen LogP) is 3.91. The average molecular weight is 305 g/mol. The van der Waals surface area contributed by atoms with Crippen LogP contribution in [0.4, 0.5) is 13.2 Å². The average Bonchev–Trinajstić information content (AvgIpc) is 2.40. The Morgan fingerprint density at radius 1 is 1.20 bits per heavy atom. The van der Waals surface area contributed by atoms with Crippen LogP contribution in [0, 0.1) is 0 Å². The van der Waals surface area contributed by atoms with Gasteiger partial charge in [0.15, 0.2) is 0 Å². The topological polar surface area (TPSA) is 12.5 Å². The van der Waals surface area contributed by atoms with Gasteiger partial charge < -0.3 is 9.64 Å². The number of piperidine rings is 1. The highest BCUT2D eigenvalue weighted by molar-refractivity contribution is 7.99. The Balaban J connectivity index is 1.82. The predicted molar refractivity (Wildman–Crippen MR) is 74.9 cm³/mol. The van der Waals surface area contributed by atoms with Gasteiger partial charge in [0, 0.05) is 18.8 Å². The van der Waals surface area contributed by atoms with Crippen LogP contribution in [-0.2, 0) is 5.75 Å². The Morgan fingerprint density at radius 3 is 2.35 bits per heavy atom. The summed E-state index contributed by atoms with van der Waals surface area (Å²) in [7, 11) is 2.09. The van der Waals surface area contributed by atoms with Crippen molar-refractivity contribution in [1.29, 1.82) is 0 Å². The first-order valence-corrected chi connectivity index (χ1v) is 7.56. The molecule has 2 nitrogen and oxygen atoms in total. The molecule has 1 fully saturated rings. The number of thioether (sulfide) groups is 1. The number of ether oxygens (including phenoxy) is 1. The Kier molecular flexibility index (Phi) is 5.21. The van der Waals surface area contributed by atoms with E-state index in [2.05, 4.69) is 11.9 Å². The molecule has 1 aliphatic heterocycles. The summed E-state index contributed by atoms with van der Waals surface area (Å²) in [6.45, 7) is 2.04. The number of benzene rings is 1. The van der Waals surface area contributed by atoms with E-state index < -0.39 is 5.51 Å². The summed E-state index contributed by atoms with van der Waals surface area (Å²) >= 11 is -0.0179. The second-order valence-corrected chi connectivity index (χ2v) is 6.04. The third-order valence-corrected chi connectivity index (χ3v) is 4.10. The van der Waals surface area contributed by atoms with Crippen molar-refractivity contribution in [2.75, 3.05) is 20.1 Å². The number of hydrogen-bond donors (Lipinski definition) is 0. The first kappa shape index (κ1) is 15.5. The first-order valence-electron chi connectivity index (χ1n) is 6.57. The molecular weight excluding hydrogens is 287 g/mol. The molecule has 1 aromatic rings. The van der Waals surface area contributed by atoms with Gasteiger partial charge in [-0.25, -0.2) is 0 Å². The highest BCUT2D eigenvalue weighted by Gasteiger charge is 2.27. The van der Waals surface area contributed by atoms with Crippen molar-refractivity contribution in [2.45, 2.75) is 30.2 Å². The molecule has 20 heavy (non-hydrogen) atoms. The molecule has 0 spiro atoms. The fraction of sp³-hybridized carbons (Fsp3) is 0.571. The number of rotatable bonds is 4. The summed E-state index contributed by atoms with van der Waals surface area (Å²) in [5.74, 6) is 0.679. The summed E-state index contributed by atoms with van der Waals surface area (Å²) in [6, 6.07) is 6.90. The van der Waals surface area contributed by atoms with E-state index in [9.17, 15) is 13.2 Å². The van der Waals surface area contributed by atoms with E-state index in [4.69, 9.17) is 4.74 Å². The lowest BCUT2D eigenvalue weighted by atomic mass is 10.1. The van der Waals surface area contributed by atoms with Gasteiger partial charge in [-0.2, -0.15) is 13.2 Å². The van der Waals surface area contributed by atoms with Gasteiger partial charge >= 0.3 is 5.51 Å². The largest absolute Gasteiger partial charge is 0.490 e. The van der Waals surface area contributed by atoms with E-state index >= 15 is 0 Å². The van der Waals surface area contributed by atoms with Crippen LogP contribution in [0.5, 0.6) is 5.75 Å². The number of halogens is 3. The molecule has 112 valence electrons. The molecule has 0 aliphatic carbocycles. The van der Waals surface area contributed by atoms with Crippen LogP contribution < -0.4 is 4.74 Å². The standard InChI is InChI=1S/C14H18F3NOS/c1-18-8-6-13(7-9-18)19-12-4-2-11(3-5-12)10-20-14(15,16)17/h2-5,13H,6-10H2,1H3. The quantitative estimate of drug-likeness (QED) is 0.837. The number of likely N-dealkylation sites (tertiary alicyclic amines) is 1. The zero-order valence-corrected chi connectivity index (χ0v) is 12.1. The highest BCUT2D eigenvalue weighted by atomic mass is 32.2. The van der Waals surface area contributed by atoms with Crippen molar-refractivity contribution in [3.05, 3.63) is 29.8 Å². The number of alkyl halides is 3. The molecule has 0 radical (unpaired) electrons. The minimum atomic E-state index is -4.18. The molecule has 0 aromatic heterocycles. The maximum absolute atomic E-state index is 12.1. The molecule has 0 N–H and O–H groups in total. The zero-order chi connectivity index (χ0) is 14.6. The molecule has 0 unspecified atom stereocenters. The van der Waals surface area contributed by atoms with Crippen LogP contribution in [0.15, 0.2) is 24.3 Å². The summed E-state index contributed by atoms with van der Waals surface area (Å²) < 4.78 is 42.1. The molecule has 1 aliphatic rings. The van der Waals surface area contributed by atoms with Crippen LogP contribution in [0.2, 0.25) is 0 Å². The van der Waals surface area contributed by atoms with Crippen LogP contribution in [0.1, 0.15) is 18.4 Å². The molecular formula is C14H18F3NOS. The Bertz CT molecular complexity index is 413. The van der Waals surface area contributed by atoms with Crippen molar-refractivity contribution in [2.24, 2.45) is 0 Å². The van der Waals surface area contributed by atoms with Gasteiger partial charge in [0.2, 0.25) is 0 Å². The lowest BCUT2D eigenvalue weighted by Crippen LogP contribution is -2.35. The molecule has 0 atom stereocenters. The monoisotopic (exact) mass is 305 g/mol. The van der Waals surface area contributed by atoms with Gasteiger partial charge in [-0.3, -0.25) is 0 Å². The molecule has 2 rings (SSSR count). The summed E-state index contributed by atoms with van der Waals surface area (Å²) in [5.41, 5.74) is -3.52. The fourth-order valence-electron chi connectivity index (χ4n) is 2.12. The van der Waals surface area contributed by atoms with Crippen LogP contribution in [-0.4, -0.2) is 36.6 Å². The van der Waals surface area contributed by atoms with E-state index in [1.54, 1.807) is 24.3 Å². The maximum atomic E-state index is 12.1. The third kappa shape index (κ3) is 5.25. The van der Waals surface area contributed by atoms with Crippen molar-refractivity contribution < 1.29 is 17.9 Å². The lowest BCUT2D eigenvalue weighted by molar-refractivity contribution is -0.0329. The van der Waals surface area contributed by atoms with Gasteiger partial charge in [-0.1, -0.05) is 12.1 Å². The van der Waals surface area contributed by atoms with Crippen LogP contribution in [0.25, 0.3) is 0 Å². The zero-order valence-electron chi connectivity index (χ0n) is 11.3. The van der Waals surface area contributed by atoms with Crippen molar-refractivity contribution in [3.63, 3.8) is 0 Å². The number of hydrogen-bond acceptors (Lipinski definition) is 3. The molecule has 1 saturated heterocycles. The van der Waals surface area contributed by atoms with Gasteiger partial charge in [-0.05, 0) is 49.3 Å². The Morgan fingerprint density at radius 2 is 1.80 bits per heavy atom. The molecule has 0 bridgehead atoms. The second kappa shape index (κ2) is 6.72. The highest BCUT2D eigenvalue weighted by Crippen LogP contribution is 2.33. The van der Waals surface area contributed by atoms with Crippen molar-refractivity contribution in [3.8, 4) is 5.75 Å². The Labute approximate surface area is 121 Å². The third-order valence-electron chi connectivity index (χ3n) is 3.29. The SMILES string of the molecule is CN1CCC(Oc2ccc(CSC(F)(F)F)cc2)CC1. The molecule has 6 heteroatoms. The van der Waals surface area contributed by atoms with Crippen molar-refractivity contribution >= 4 is 11.8 Å². The smallest absolute Gasteiger partial charge is 0.442 e. The van der Waals surface area contributed by atoms with Gasteiger partial charge in [-0.15, -0.1) is 0 Å². The van der Waals surface area contributed by atoms with Crippen LogP contribution in [0.3, 0.4) is 0 Å². The number of nitrogens with zero attached hydrogens (tertiary/aromatic N) is 1. The second-order valence-electron chi connectivity index (χ2n) is 5.00. The van der Waals surface area contributed by atoms with E-state index in [0.29, 0.717) is 5.56 Å². The first-order chi connectivity index (χ1) is 9.42. The van der Waals surface area contributed by atoms with E-state index in [-0.39, 0.29) is 23.6 Å². The van der Waals surface area contributed by atoms with Crippen LogP contribution >= 0.6 is 11.8 Å². The molecule has 0 saturated carbocycles. The van der Waals surface area contributed by atoms with E-state index in [0.717, 1.165) is 31.7 Å². The Hall–Kier alpha value is -0.880. The van der Waals surface area contributed by atoms with Gasteiger partial charge in [0.05, 0.1) is 0 Å². The minimum Gasteiger partial charge on any atom is -0.490 e. The maximum Gasteiger partial charge on any atom is 0.442 e. The van der Waals surface area contributed by atoms with E-state index in [1.165, 1.54) is 0 Å². The fourth-order valence-corrected chi connectivity index (χ4v) is 2.65.